The molecule has 1 aliphatic rings. The lowest BCUT2D eigenvalue weighted by Crippen LogP contribution is -2.38. The Morgan fingerprint density at radius 3 is 2.71 bits per heavy atom. The van der Waals surface area contributed by atoms with Crippen LogP contribution >= 0.6 is 11.6 Å². The van der Waals surface area contributed by atoms with Crippen LogP contribution in [0.3, 0.4) is 0 Å². The number of amides is 2. The lowest BCUT2D eigenvalue weighted by Gasteiger charge is -2.27. The van der Waals surface area contributed by atoms with Crippen molar-refractivity contribution in [3.05, 3.63) is 28.8 Å². The number of nitrogens with one attached hydrogen (secondary N) is 1. The first kappa shape index (κ1) is 12.2. The van der Waals surface area contributed by atoms with E-state index in [0.29, 0.717) is 5.02 Å². The third-order valence-corrected chi connectivity index (χ3v) is 3.56. The second-order valence-electron chi connectivity index (χ2n) is 4.39. The summed E-state index contributed by atoms with van der Waals surface area (Å²) in [5.74, 6) is 0. The largest absolute Gasteiger partial charge is 0.325 e. The molecule has 0 bridgehead atoms. The highest BCUT2D eigenvalue weighted by molar-refractivity contribution is 6.31. The first-order chi connectivity index (χ1) is 8.18. The molecule has 0 radical (unpaired) electrons. The third kappa shape index (κ3) is 2.91. The number of hydrogen-bond acceptors (Lipinski definition) is 1. The van der Waals surface area contributed by atoms with Crippen LogP contribution in [0.5, 0.6) is 0 Å². The normalized spacial score (nSPS) is 15.8. The van der Waals surface area contributed by atoms with Crippen molar-refractivity contribution in [3.8, 4) is 0 Å². The van der Waals surface area contributed by atoms with Crippen LogP contribution in [0.15, 0.2) is 18.2 Å². The quantitative estimate of drug-likeness (QED) is 0.813. The molecule has 1 saturated heterocycles. The highest BCUT2D eigenvalue weighted by Gasteiger charge is 2.17. The van der Waals surface area contributed by atoms with Gasteiger partial charge in [0.15, 0.2) is 0 Å². The second-order valence-corrected chi connectivity index (χ2v) is 4.80. The number of rotatable bonds is 1. The van der Waals surface area contributed by atoms with E-state index in [-0.39, 0.29) is 6.03 Å². The Bertz CT molecular complexity index is 414. The zero-order valence-electron chi connectivity index (χ0n) is 10.0. The van der Waals surface area contributed by atoms with E-state index in [2.05, 4.69) is 5.32 Å². The maximum Gasteiger partial charge on any atom is 0.321 e. The second kappa shape index (κ2) is 5.41. The molecule has 0 aromatic heterocycles. The van der Waals surface area contributed by atoms with Gasteiger partial charge in [0.05, 0.1) is 0 Å². The minimum Gasteiger partial charge on any atom is -0.325 e. The highest BCUT2D eigenvalue weighted by Crippen LogP contribution is 2.23. The van der Waals surface area contributed by atoms with Crippen molar-refractivity contribution in [2.45, 2.75) is 26.2 Å². The Kier molecular flexibility index (Phi) is 3.89. The summed E-state index contributed by atoms with van der Waals surface area (Å²) in [5.41, 5.74) is 1.72. The van der Waals surface area contributed by atoms with Crippen LogP contribution < -0.4 is 5.32 Å². The molecule has 17 heavy (non-hydrogen) atoms. The zero-order valence-corrected chi connectivity index (χ0v) is 10.8. The van der Waals surface area contributed by atoms with Gasteiger partial charge < -0.3 is 10.2 Å². The fraction of sp³-hybridized carbons (Fsp3) is 0.462. The average Bonchev–Trinajstić information content (AvgIpc) is 2.36. The molecule has 1 aliphatic heterocycles. The third-order valence-electron chi connectivity index (χ3n) is 3.15. The van der Waals surface area contributed by atoms with Crippen molar-refractivity contribution in [3.63, 3.8) is 0 Å². The van der Waals surface area contributed by atoms with Crippen LogP contribution in [0.4, 0.5) is 10.5 Å². The predicted molar refractivity (Wildman–Crippen MR) is 70.6 cm³/mol. The van der Waals surface area contributed by atoms with Gasteiger partial charge in [-0.25, -0.2) is 4.79 Å². The maximum atomic E-state index is 12.0. The molecule has 0 aliphatic carbocycles. The monoisotopic (exact) mass is 252 g/mol. The first-order valence-electron chi connectivity index (χ1n) is 5.99. The highest BCUT2D eigenvalue weighted by atomic mass is 35.5. The summed E-state index contributed by atoms with van der Waals surface area (Å²) in [4.78, 5) is 13.9. The number of likely N-dealkylation sites (tertiary alicyclic amines) is 1. The molecular formula is C13H17ClN2O. The number of nitrogens with zero attached hydrogens (tertiary/aromatic N) is 1. The molecule has 1 aromatic carbocycles. The summed E-state index contributed by atoms with van der Waals surface area (Å²) in [6.45, 7) is 3.62. The molecule has 3 nitrogen and oxygen atoms in total. The molecule has 1 fully saturated rings. The minimum atomic E-state index is -0.0185. The summed E-state index contributed by atoms with van der Waals surface area (Å²) < 4.78 is 0. The molecule has 2 amide bonds. The number of benzene rings is 1. The SMILES string of the molecule is Cc1c(Cl)cccc1NC(=O)N1CCCCC1. The molecule has 4 heteroatoms. The van der Waals surface area contributed by atoms with Gasteiger partial charge in [0.1, 0.15) is 0 Å². The Hall–Kier alpha value is -1.22. The van der Waals surface area contributed by atoms with Crippen molar-refractivity contribution < 1.29 is 4.79 Å². The van der Waals surface area contributed by atoms with E-state index in [1.807, 2.05) is 30.0 Å². The van der Waals surface area contributed by atoms with Crippen LogP contribution in [0, 0.1) is 6.92 Å². The Balaban J connectivity index is 2.04. The number of anilines is 1. The van der Waals surface area contributed by atoms with Crippen LogP contribution in [0.25, 0.3) is 0 Å². The molecule has 2 rings (SSSR count). The van der Waals surface area contributed by atoms with Gasteiger partial charge in [-0.2, -0.15) is 0 Å². The van der Waals surface area contributed by atoms with Gasteiger partial charge in [0.2, 0.25) is 0 Å². The van der Waals surface area contributed by atoms with Crippen LogP contribution in [0.2, 0.25) is 5.02 Å². The molecule has 0 saturated carbocycles. The van der Waals surface area contributed by atoms with Crippen LogP contribution in [-0.2, 0) is 0 Å². The fourth-order valence-corrected chi connectivity index (χ4v) is 2.21. The number of hydrogen-bond donors (Lipinski definition) is 1. The van der Waals surface area contributed by atoms with Crippen molar-refractivity contribution in [2.75, 3.05) is 18.4 Å². The van der Waals surface area contributed by atoms with Crippen molar-refractivity contribution in [1.82, 2.24) is 4.90 Å². The van der Waals surface area contributed by atoms with Crippen molar-refractivity contribution >= 4 is 23.3 Å². The molecule has 92 valence electrons. The summed E-state index contributed by atoms with van der Waals surface area (Å²) in [6, 6.07) is 5.53. The molecular weight excluding hydrogens is 236 g/mol. The van der Waals surface area contributed by atoms with E-state index >= 15 is 0 Å². The molecule has 1 aromatic rings. The van der Waals surface area contributed by atoms with Gasteiger partial charge in [-0.15, -0.1) is 0 Å². The van der Waals surface area contributed by atoms with Gasteiger partial charge in [-0.1, -0.05) is 17.7 Å². The van der Waals surface area contributed by atoms with E-state index < -0.39 is 0 Å². The fourth-order valence-electron chi connectivity index (χ4n) is 2.03. The summed E-state index contributed by atoms with van der Waals surface area (Å²) >= 11 is 6.02. The standard InChI is InChI=1S/C13H17ClN2O/c1-10-11(14)6-5-7-12(10)15-13(17)16-8-3-2-4-9-16/h5-7H,2-4,8-9H2,1H3,(H,15,17). The summed E-state index contributed by atoms with van der Waals surface area (Å²) in [5, 5.41) is 3.61. The topological polar surface area (TPSA) is 32.3 Å². The predicted octanol–water partition coefficient (Wildman–Crippen LogP) is 3.67. The molecule has 1 N–H and O–H groups in total. The van der Waals surface area contributed by atoms with E-state index in [4.69, 9.17) is 11.6 Å². The molecule has 1 heterocycles. The first-order valence-corrected chi connectivity index (χ1v) is 6.37. The van der Waals surface area contributed by atoms with Crippen LogP contribution in [-0.4, -0.2) is 24.0 Å². The van der Waals surface area contributed by atoms with E-state index in [1.165, 1.54) is 6.42 Å². The number of carbonyl (C=O) groups excluding carboxylic acids is 1. The van der Waals surface area contributed by atoms with E-state index in [1.54, 1.807) is 0 Å². The van der Waals surface area contributed by atoms with Gasteiger partial charge in [0.25, 0.3) is 0 Å². The number of piperidine rings is 1. The van der Waals surface area contributed by atoms with Gasteiger partial charge in [0, 0.05) is 23.8 Å². The lowest BCUT2D eigenvalue weighted by molar-refractivity contribution is 0.200. The minimum absolute atomic E-state index is 0.0185. The number of halogens is 1. The van der Waals surface area contributed by atoms with E-state index in [9.17, 15) is 4.79 Å². The lowest BCUT2D eigenvalue weighted by atomic mass is 10.1. The van der Waals surface area contributed by atoms with Crippen molar-refractivity contribution in [1.29, 1.82) is 0 Å². The number of carbonyl (C=O) groups is 1. The van der Waals surface area contributed by atoms with E-state index in [0.717, 1.165) is 37.2 Å². The van der Waals surface area contributed by atoms with Crippen LogP contribution in [0.1, 0.15) is 24.8 Å². The summed E-state index contributed by atoms with van der Waals surface area (Å²) in [6.07, 6.45) is 3.42. The Labute approximate surface area is 107 Å². The van der Waals surface area contributed by atoms with Crippen molar-refractivity contribution in [2.24, 2.45) is 0 Å². The summed E-state index contributed by atoms with van der Waals surface area (Å²) in [7, 11) is 0. The smallest absolute Gasteiger partial charge is 0.321 e. The van der Waals surface area contributed by atoms with Gasteiger partial charge in [-0.3, -0.25) is 0 Å². The van der Waals surface area contributed by atoms with Gasteiger partial charge in [-0.05, 0) is 43.9 Å². The maximum absolute atomic E-state index is 12.0. The molecule has 0 atom stereocenters. The zero-order chi connectivity index (χ0) is 12.3. The van der Waals surface area contributed by atoms with Gasteiger partial charge >= 0.3 is 6.03 Å². The molecule has 0 spiro atoms. The Morgan fingerprint density at radius 1 is 1.29 bits per heavy atom. The Morgan fingerprint density at radius 2 is 2.00 bits per heavy atom. The number of urea groups is 1. The molecule has 0 unspecified atom stereocenters. The average molecular weight is 253 g/mol.